The van der Waals surface area contributed by atoms with Gasteiger partial charge in [-0.3, -0.25) is 9.59 Å². The number of halogens is 3. The zero-order valence-corrected chi connectivity index (χ0v) is 9.04. The zero-order valence-electron chi connectivity index (χ0n) is 9.04. The van der Waals surface area contributed by atoms with Crippen LogP contribution in [0, 0.1) is 0 Å². The van der Waals surface area contributed by atoms with Crippen LogP contribution in [0.5, 0.6) is 0 Å². The second-order valence-electron chi connectivity index (χ2n) is 3.76. The van der Waals surface area contributed by atoms with Crippen LogP contribution in [0.15, 0.2) is 39.9 Å². The highest BCUT2D eigenvalue weighted by atomic mass is 19.4. The van der Waals surface area contributed by atoms with Crippen molar-refractivity contribution in [2.45, 2.75) is 12.7 Å². The van der Waals surface area contributed by atoms with E-state index < -0.39 is 22.6 Å². The van der Waals surface area contributed by atoms with Gasteiger partial charge in [0.15, 0.2) is 0 Å². The summed E-state index contributed by atoms with van der Waals surface area (Å²) in [6.45, 7) is -0.152. The Bertz CT molecular complexity index is 639. The molecule has 2 aromatic carbocycles. The molecule has 94 valence electrons. The maximum Gasteiger partial charge on any atom is 0.416 e. The number of nitrogens with one attached hydrogen (secondary N) is 1. The molecule has 3 nitrogen and oxygen atoms in total. The van der Waals surface area contributed by atoms with E-state index in [1.54, 1.807) is 0 Å². The summed E-state index contributed by atoms with van der Waals surface area (Å²) in [5.74, 6) is 0. The third-order valence-corrected chi connectivity index (χ3v) is 2.54. The van der Waals surface area contributed by atoms with E-state index in [0.717, 1.165) is 12.1 Å². The van der Waals surface area contributed by atoms with Crippen molar-refractivity contribution in [3.05, 3.63) is 61.9 Å². The first-order valence-electron chi connectivity index (χ1n) is 5.09. The number of hydrogen-bond acceptors (Lipinski definition) is 3. The molecule has 2 rings (SSSR count). The standard InChI is InChI=1S/C12H8F3NO2/c13-12(14,15)8-4-2-1-3-7(8)6-16-9-5-10(17)11(9)18/h1-5,16H,6H2. The van der Waals surface area contributed by atoms with Crippen LogP contribution in [0.4, 0.5) is 18.9 Å². The van der Waals surface area contributed by atoms with Crippen LogP contribution in [0.1, 0.15) is 11.1 Å². The molecule has 0 radical (unpaired) electrons. The van der Waals surface area contributed by atoms with Gasteiger partial charge in [-0.25, -0.2) is 0 Å². The maximum atomic E-state index is 12.6. The Kier molecular flexibility index (Phi) is 2.94. The molecule has 0 amide bonds. The molecule has 0 spiro atoms. The first kappa shape index (κ1) is 12.3. The van der Waals surface area contributed by atoms with E-state index in [-0.39, 0.29) is 17.8 Å². The van der Waals surface area contributed by atoms with Gasteiger partial charge < -0.3 is 5.32 Å². The van der Waals surface area contributed by atoms with Crippen molar-refractivity contribution < 1.29 is 13.2 Å². The SMILES string of the molecule is O=c1cc(NCc2ccccc2C(F)(F)F)c1=O. The van der Waals surface area contributed by atoms with Gasteiger partial charge in [-0.15, -0.1) is 0 Å². The number of anilines is 1. The maximum absolute atomic E-state index is 12.6. The van der Waals surface area contributed by atoms with E-state index in [0.29, 0.717) is 0 Å². The quantitative estimate of drug-likeness (QED) is 0.852. The van der Waals surface area contributed by atoms with Crippen molar-refractivity contribution in [3.8, 4) is 0 Å². The predicted molar refractivity (Wildman–Crippen MR) is 60.1 cm³/mol. The van der Waals surface area contributed by atoms with Crippen LogP contribution < -0.4 is 16.2 Å². The molecule has 0 heterocycles. The summed E-state index contributed by atoms with van der Waals surface area (Å²) in [7, 11) is 0. The van der Waals surface area contributed by atoms with E-state index in [2.05, 4.69) is 5.32 Å². The Morgan fingerprint density at radius 3 is 2.33 bits per heavy atom. The first-order chi connectivity index (χ1) is 8.39. The van der Waals surface area contributed by atoms with Gasteiger partial charge in [0, 0.05) is 12.6 Å². The van der Waals surface area contributed by atoms with Gasteiger partial charge in [0.2, 0.25) is 10.9 Å². The molecule has 6 heteroatoms. The molecule has 0 unspecified atom stereocenters. The molecule has 0 aliphatic rings. The van der Waals surface area contributed by atoms with Crippen molar-refractivity contribution in [1.29, 1.82) is 0 Å². The van der Waals surface area contributed by atoms with Gasteiger partial charge in [0.25, 0.3) is 0 Å². The van der Waals surface area contributed by atoms with Gasteiger partial charge in [0.1, 0.15) is 0 Å². The fourth-order valence-electron chi connectivity index (χ4n) is 1.59. The highest BCUT2D eigenvalue weighted by Crippen LogP contribution is 2.31. The summed E-state index contributed by atoms with van der Waals surface area (Å²) in [5.41, 5.74) is -2.01. The summed E-state index contributed by atoms with van der Waals surface area (Å²) in [6, 6.07) is 6.14. The zero-order chi connectivity index (χ0) is 13.3. The van der Waals surface area contributed by atoms with Crippen LogP contribution in [0.2, 0.25) is 0 Å². The number of rotatable bonds is 3. The smallest absolute Gasteiger partial charge is 0.378 e. The topological polar surface area (TPSA) is 46.2 Å². The number of benzene rings is 1. The van der Waals surface area contributed by atoms with Crippen LogP contribution in [0.3, 0.4) is 0 Å². The Labute approximate surface area is 99.6 Å². The van der Waals surface area contributed by atoms with Gasteiger partial charge >= 0.3 is 6.18 Å². The van der Waals surface area contributed by atoms with Crippen molar-refractivity contribution in [3.63, 3.8) is 0 Å². The number of hydrogen-bond donors (Lipinski definition) is 1. The highest BCUT2D eigenvalue weighted by Gasteiger charge is 2.32. The lowest BCUT2D eigenvalue weighted by Crippen LogP contribution is -2.32. The van der Waals surface area contributed by atoms with E-state index in [4.69, 9.17) is 0 Å². The van der Waals surface area contributed by atoms with E-state index in [1.807, 2.05) is 0 Å². The average Bonchev–Trinajstić information content (AvgIpc) is 2.33. The molecular formula is C12H8F3NO2. The fraction of sp³-hybridized carbons (Fsp3) is 0.167. The Morgan fingerprint density at radius 2 is 1.78 bits per heavy atom. The summed E-state index contributed by atoms with van der Waals surface area (Å²) >= 11 is 0. The normalized spacial score (nSPS) is 11.7. The third kappa shape index (κ3) is 2.27. The number of alkyl halides is 3. The van der Waals surface area contributed by atoms with Gasteiger partial charge in [0.05, 0.1) is 11.3 Å². The highest BCUT2D eigenvalue weighted by molar-refractivity contribution is 5.48. The van der Waals surface area contributed by atoms with Crippen molar-refractivity contribution in [2.24, 2.45) is 0 Å². The summed E-state index contributed by atoms with van der Waals surface area (Å²) in [5, 5.41) is 2.52. The van der Waals surface area contributed by atoms with Gasteiger partial charge in [-0.05, 0) is 11.6 Å². The average molecular weight is 255 g/mol. The molecule has 0 bridgehead atoms. The van der Waals surface area contributed by atoms with Crippen molar-refractivity contribution in [2.75, 3.05) is 5.32 Å². The second-order valence-corrected chi connectivity index (χ2v) is 3.76. The van der Waals surface area contributed by atoms with Gasteiger partial charge in [-0.2, -0.15) is 13.2 Å². The Balaban J connectivity index is 2.18. The van der Waals surface area contributed by atoms with Gasteiger partial charge in [-0.1, -0.05) is 18.2 Å². The summed E-state index contributed by atoms with van der Waals surface area (Å²) < 4.78 is 37.9. The summed E-state index contributed by atoms with van der Waals surface area (Å²) in [6.07, 6.45) is -4.44. The largest absolute Gasteiger partial charge is 0.416 e. The molecule has 2 aromatic rings. The van der Waals surface area contributed by atoms with Crippen molar-refractivity contribution >= 4 is 5.69 Å². The minimum absolute atomic E-state index is 0.0260. The fourth-order valence-corrected chi connectivity index (χ4v) is 1.59. The molecule has 18 heavy (non-hydrogen) atoms. The minimum Gasteiger partial charge on any atom is -0.378 e. The molecule has 0 aromatic heterocycles. The Hall–Kier alpha value is -2.11. The van der Waals surface area contributed by atoms with E-state index >= 15 is 0 Å². The molecule has 0 aliphatic carbocycles. The van der Waals surface area contributed by atoms with Crippen LogP contribution in [-0.4, -0.2) is 0 Å². The molecule has 1 N–H and O–H groups in total. The molecule has 0 atom stereocenters. The third-order valence-electron chi connectivity index (χ3n) is 2.54. The van der Waals surface area contributed by atoms with Crippen molar-refractivity contribution in [1.82, 2.24) is 0 Å². The molecule has 0 saturated heterocycles. The lowest BCUT2D eigenvalue weighted by atomic mass is 10.1. The lowest BCUT2D eigenvalue weighted by molar-refractivity contribution is -0.138. The molecule has 0 fully saturated rings. The van der Waals surface area contributed by atoms with Crippen LogP contribution >= 0.6 is 0 Å². The van der Waals surface area contributed by atoms with Crippen LogP contribution in [0.25, 0.3) is 0 Å². The second kappa shape index (κ2) is 4.29. The van der Waals surface area contributed by atoms with Crippen LogP contribution in [-0.2, 0) is 12.7 Å². The van der Waals surface area contributed by atoms with E-state index in [1.165, 1.54) is 18.2 Å². The predicted octanol–water partition coefficient (Wildman–Crippen LogP) is 1.91. The van der Waals surface area contributed by atoms with E-state index in [9.17, 15) is 22.8 Å². The Morgan fingerprint density at radius 1 is 1.11 bits per heavy atom. The molecule has 0 aliphatic heterocycles. The molecule has 0 saturated carbocycles. The monoisotopic (exact) mass is 255 g/mol. The lowest BCUT2D eigenvalue weighted by Gasteiger charge is -2.13. The minimum atomic E-state index is -4.44. The summed E-state index contributed by atoms with van der Waals surface area (Å²) in [4.78, 5) is 21.6. The molecular weight excluding hydrogens is 247 g/mol. The first-order valence-corrected chi connectivity index (χ1v) is 5.09.